The highest BCUT2D eigenvalue weighted by Crippen LogP contribution is 2.50. The number of hydrogen-bond donors (Lipinski definition) is 0. The van der Waals surface area contributed by atoms with Crippen LogP contribution in [0.5, 0.6) is 0 Å². The average Bonchev–Trinajstić information content (AvgIpc) is 3.32. The highest BCUT2D eigenvalue weighted by atomic mass is 32.1. The number of nitrogens with zero attached hydrogens (tertiary/aromatic N) is 1. The maximum absolute atomic E-state index is 14.0. The normalized spacial score (nSPS) is 12.7. The first-order valence-corrected chi connectivity index (χ1v) is 13.7. The summed E-state index contributed by atoms with van der Waals surface area (Å²) in [4.78, 5) is 29.9. The molecule has 2 aromatic rings. The first-order chi connectivity index (χ1) is 16.0. The van der Waals surface area contributed by atoms with E-state index in [0.717, 1.165) is 16.3 Å². The number of ether oxygens (including phenoxy) is 2. The zero-order valence-corrected chi connectivity index (χ0v) is 23.6. The predicted octanol–water partition coefficient (Wildman–Crippen LogP) is 5.86. The minimum atomic E-state index is -4.17. The van der Waals surface area contributed by atoms with Crippen LogP contribution in [-0.2, 0) is 39.1 Å². The topological polar surface area (TPSA) is 114 Å². The van der Waals surface area contributed by atoms with Crippen LogP contribution in [0.25, 0.3) is 11.5 Å². The molecule has 196 valence electrons. The third-order valence-corrected chi connectivity index (χ3v) is 7.43. The Hall–Kier alpha value is -2.00. The molecule has 0 N–H and O–H groups in total. The Labute approximate surface area is 211 Å². The molecule has 0 unspecified atom stereocenters. The van der Waals surface area contributed by atoms with Gasteiger partial charge in [-0.25, -0.2) is 4.98 Å². The van der Waals surface area contributed by atoms with Gasteiger partial charge in [-0.1, -0.05) is 13.8 Å². The van der Waals surface area contributed by atoms with Crippen molar-refractivity contribution in [1.29, 1.82) is 0 Å². The lowest BCUT2D eigenvalue weighted by atomic mass is 9.98. The van der Waals surface area contributed by atoms with Gasteiger partial charge in [-0.15, -0.1) is 11.3 Å². The SMILES string of the molecule is Cc1nc(-c2occc2P(=O)(OCOC(=O)C(C)(C)C)OCOC(=O)C(C)(C)C)c(CC(C)C)s1. The molecule has 0 atom stereocenters. The first kappa shape index (κ1) is 29.2. The zero-order chi connectivity index (χ0) is 26.6. The first-order valence-electron chi connectivity index (χ1n) is 11.3. The van der Waals surface area contributed by atoms with Gasteiger partial charge in [-0.3, -0.25) is 23.2 Å². The van der Waals surface area contributed by atoms with Crippen molar-refractivity contribution in [2.45, 2.75) is 68.7 Å². The maximum atomic E-state index is 14.0. The Balaban J connectivity index is 2.37. The van der Waals surface area contributed by atoms with Crippen molar-refractivity contribution in [3.05, 3.63) is 22.2 Å². The molecule has 0 spiro atoms. The van der Waals surface area contributed by atoms with Gasteiger partial charge in [0.15, 0.2) is 5.76 Å². The van der Waals surface area contributed by atoms with Crippen molar-refractivity contribution in [2.24, 2.45) is 16.7 Å². The molecule has 0 amide bonds. The van der Waals surface area contributed by atoms with Crippen LogP contribution >= 0.6 is 18.9 Å². The van der Waals surface area contributed by atoms with Crippen LogP contribution in [0.15, 0.2) is 16.7 Å². The van der Waals surface area contributed by atoms with Gasteiger partial charge in [0.25, 0.3) is 0 Å². The molecule has 9 nitrogen and oxygen atoms in total. The molecule has 0 radical (unpaired) electrons. The van der Waals surface area contributed by atoms with Crippen molar-refractivity contribution in [2.75, 3.05) is 13.6 Å². The molecule has 2 heterocycles. The van der Waals surface area contributed by atoms with E-state index in [1.807, 2.05) is 6.92 Å². The van der Waals surface area contributed by atoms with Crippen LogP contribution in [0.3, 0.4) is 0 Å². The van der Waals surface area contributed by atoms with E-state index in [1.54, 1.807) is 41.5 Å². The van der Waals surface area contributed by atoms with Gasteiger partial charge in [0, 0.05) is 4.88 Å². The molecule has 2 aromatic heterocycles. The lowest BCUT2D eigenvalue weighted by Gasteiger charge is -2.22. The van der Waals surface area contributed by atoms with Gasteiger partial charge in [0.2, 0.25) is 13.6 Å². The standard InChI is InChI=1S/C24H36NO8PS/c1-15(2)12-18-19(25-16(3)35-18)20-17(10-11-29-20)34(28,32-13-30-21(26)23(4,5)6)33-14-31-22(27)24(7,8)9/h10-11,15H,12-14H2,1-9H3. The summed E-state index contributed by atoms with van der Waals surface area (Å²) in [6, 6.07) is 1.46. The lowest BCUT2D eigenvalue weighted by Crippen LogP contribution is -2.26. The van der Waals surface area contributed by atoms with E-state index in [2.05, 4.69) is 18.8 Å². The highest BCUT2D eigenvalue weighted by Gasteiger charge is 2.37. The molecule has 2 rings (SSSR count). The van der Waals surface area contributed by atoms with Crippen molar-refractivity contribution in [3.8, 4) is 11.5 Å². The second-order valence-corrected chi connectivity index (χ2v) is 13.9. The summed E-state index contributed by atoms with van der Waals surface area (Å²) >= 11 is 1.53. The number of aryl methyl sites for hydroxylation is 1. The van der Waals surface area contributed by atoms with E-state index in [0.29, 0.717) is 11.6 Å². The monoisotopic (exact) mass is 529 g/mol. The number of hydrogen-bond acceptors (Lipinski definition) is 10. The van der Waals surface area contributed by atoms with Gasteiger partial charge in [-0.05, 0) is 66.9 Å². The molecule has 0 saturated heterocycles. The van der Waals surface area contributed by atoms with Crippen molar-refractivity contribution in [3.63, 3.8) is 0 Å². The quantitative estimate of drug-likeness (QED) is 0.212. The minimum Gasteiger partial charge on any atom is -0.462 e. The van der Waals surface area contributed by atoms with Gasteiger partial charge in [-0.2, -0.15) is 0 Å². The van der Waals surface area contributed by atoms with Gasteiger partial charge >= 0.3 is 19.5 Å². The Morgan fingerprint density at radius 2 is 1.54 bits per heavy atom. The molecule has 0 aliphatic heterocycles. The van der Waals surface area contributed by atoms with Crippen LogP contribution in [-0.4, -0.2) is 30.5 Å². The Kier molecular flexibility index (Phi) is 9.50. The number of rotatable bonds is 10. The maximum Gasteiger partial charge on any atom is 0.371 e. The summed E-state index contributed by atoms with van der Waals surface area (Å²) in [5.41, 5.74) is -1.01. The number of carbonyl (C=O) groups is 2. The van der Waals surface area contributed by atoms with Crippen LogP contribution in [0.1, 0.15) is 65.3 Å². The van der Waals surface area contributed by atoms with Gasteiger partial charge in [0.1, 0.15) is 11.0 Å². The summed E-state index contributed by atoms with van der Waals surface area (Å²) in [5, 5.41) is 0.930. The zero-order valence-electron chi connectivity index (χ0n) is 21.9. The number of carbonyl (C=O) groups excluding carboxylic acids is 2. The van der Waals surface area contributed by atoms with Gasteiger partial charge in [0.05, 0.1) is 22.1 Å². The highest BCUT2D eigenvalue weighted by molar-refractivity contribution is 7.62. The largest absolute Gasteiger partial charge is 0.462 e. The molecule has 0 saturated carbocycles. The van der Waals surface area contributed by atoms with Crippen LogP contribution in [0.4, 0.5) is 0 Å². The van der Waals surface area contributed by atoms with Crippen LogP contribution < -0.4 is 5.30 Å². The molecular weight excluding hydrogens is 493 g/mol. The summed E-state index contributed by atoms with van der Waals surface area (Å²) in [6.07, 6.45) is 2.11. The van der Waals surface area contributed by atoms with Gasteiger partial charge < -0.3 is 13.9 Å². The molecular formula is C24H36NO8PS. The molecule has 0 aliphatic rings. The summed E-state index contributed by atoms with van der Waals surface area (Å²) in [7, 11) is -4.17. The molecule has 11 heteroatoms. The average molecular weight is 530 g/mol. The summed E-state index contributed by atoms with van der Waals surface area (Å²) in [5.74, 6) is -0.479. The second kappa shape index (κ2) is 11.4. The van der Waals surface area contributed by atoms with E-state index < -0.39 is 44.0 Å². The van der Waals surface area contributed by atoms with Crippen molar-refractivity contribution in [1.82, 2.24) is 4.98 Å². The second-order valence-electron chi connectivity index (χ2n) is 10.6. The number of thiazole rings is 1. The fourth-order valence-corrected chi connectivity index (χ4v) is 5.29. The summed E-state index contributed by atoms with van der Waals surface area (Å²) < 4.78 is 41.0. The molecule has 0 bridgehead atoms. The van der Waals surface area contributed by atoms with Crippen molar-refractivity contribution >= 4 is 36.2 Å². The lowest BCUT2D eigenvalue weighted by molar-refractivity contribution is -0.161. The molecule has 0 fully saturated rings. The van der Waals surface area contributed by atoms with E-state index in [4.69, 9.17) is 22.9 Å². The van der Waals surface area contributed by atoms with Crippen LogP contribution in [0.2, 0.25) is 0 Å². The minimum absolute atomic E-state index is 0.103. The van der Waals surface area contributed by atoms with E-state index in [9.17, 15) is 14.2 Å². The fraction of sp³-hybridized carbons (Fsp3) is 0.625. The number of aromatic nitrogens is 1. The third kappa shape index (κ3) is 8.00. The number of esters is 2. The molecule has 35 heavy (non-hydrogen) atoms. The smallest absolute Gasteiger partial charge is 0.371 e. The van der Waals surface area contributed by atoms with E-state index in [1.165, 1.54) is 23.7 Å². The Morgan fingerprint density at radius 3 is 2.00 bits per heavy atom. The van der Waals surface area contributed by atoms with Crippen molar-refractivity contribution < 1.29 is 37.1 Å². The summed E-state index contributed by atoms with van der Waals surface area (Å²) in [6.45, 7) is 14.9. The molecule has 0 aliphatic carbocycles. The van der Waals surface area contributed by atoms with E-state index >= 15 is 0 Å². The van der Waals surface area contributed by atoms with Crippen LogP contribution in [0, 0.1) is 23.7 Å². The third-order valence-electron chi connectivity index (χ3n) is 4.60. The fourth-order valence-electron chi connectivity index (χ4n) is 2.76. The predicted molar refractivity (Wildman–Crippen MR) is 133 cm³/mol. The Bertz CT molecular complexity index is 1040. The Morgan fingerprint density at radius 1 is 1.03 bits per heavy atom. The number of furan rings is 1. The molecule has 0 aromatic carbocycles. The van der Waals surface area contributed by atoms with E-state index in [-0.39, 0.29) is 11.1 Å².